The van der Waals surface area contributed by atoms with Gasteiger partial charge in [0.1, 0.15) is 5.82 Å². The molecule has 1 aliphatic carbocycles. The maximum Gasteiger partial charge on any atom is 0.586 e. The number of fused-ring (bicyclic) bond motifs is 1. The number of nitrogens with one attached hydrogen (secondary N) is 1. The number of carbonyl (C=O) groups is 1. The summed E-state index contributed by atoms with van der Waals surface area (Å²) in [5.41, 5.74) is 0.880. The van der Waals surface area contributed by atoms with Gasteiger partial charge in [0.25, 0.3) is 0 Å². The molecule has 2 aromatic carbocycles. The second-order valence-corrected chi connectivity index (χ2v) is 19.5. The van der Waals surface area contributed by atoms with E-state index in [0.717, 1.165) is 16.9 Å². The summed E-state index contributed by atoms with van der Waals surface area (Å²) in [7, 11) is -1.96. The quantitative estimate of drug-likeness (QED) is 0.245. The van der Waals surface area contributed by atoms with E-state index in [-0.39, 0.29) is 34.4 Å². The smallest absolute Gasteiger partial charge is 0.412 e. The monoisotopic (exact) mass is 665 g/mol. The molecule has 0 bridgehead atoms. The highest BCUT2D eigenvalue weighted by molar-refractivity contribution is 7.15. The number of halogens is 4. The molecular formula is C31H35ClF3N3O4SSi. The Labute approximate surface area is 264 Å². The summed E-state index contributed by atoms with van der Waals surface area (Å²) in [6.07, 6.45) is 0.334. The Morgan fingerprint density at radius 1 is 1.20 bits per heavy atom. The van der Waals surface area contributed by atoms with Gasteiger partial charge in [-0.05, 0) is 66.7 Å². The normalized spacial score (nSPS) is 20.2. The summed E-state index contributed by atoms with van der Waals surface area (Å²) >= 11 is 8.12. The summed E-state index contributed by atoms with van der Waals surface area (Å²) in [6.45, 7) is 12.3. The largest absolute Gasteiger partial charge is 0.586 e. The zero-order chi connectivity index (χ0) is 31.7. The Balaban J connectivity index is 1.12. The minimum atomic E-state index is -3.72. The van der Waals surface area contributed by atoms with Gasteiger partial charge in [0, 0.05) is 30.6 Å². The Kier molecular flexibility index (Phi) is 7.74. The first-order valence-corrected chi connectivity index (χ1v) is 18.7. The van der Waals surface area contributed by atoms with Gasteiger partial charge in [-0.2, -0.15) is 0 Å². The van der Waals surface area contributed by atoms with Gasteiger partial charge in [0.05, 0.1) is 22.2 Å². The van der Waals surface area contributed by atoms with Crippen LogP contribution in [0.15, 0.2) is 36.5 Å². The highest BCUT2D eigenvalue weighted by Crippen LogP contribution is 2.52. The first kappa shape index (κ1) is 31.2. The van der Waals surface area contributed by atoms with Crippen LogP contribution in [-0.4, -0.2) is 44.7 Å². The van der Waals surface area contributed by atoms with Crippen LogP contribution >= 0.6 is 22.9 Å². The van der Waals surface area contributed by atoms with Crippen molar-refractivity contribution in [1.82, 2.24) is 4.98 Å². The third kappa shape index (κ3) is 5.93. The second kappa shape index (κ2) is 10.9. The fourth-order valence-corrected chi connectivity index (χ4v) is 8.05. The zero-order valence-corrected chi connectivity index (χ0v) is 27.8. The molecule has 3 aliphatic rings. The first-order chi connectivity index (χ1) is 20.6. The fourth-order valence-electron chi connectivity index (χ4n) is 5.50. The molecule has 0 spiro atoms. The molecule has 2 aliphatic heterocycles. The Bertz CT molecular complexity index is 1610. The summed E-state index contributed by atoms with van der Waals surface area (Å²) in [5, 5.41) is 3.74. The topological polar surface area (TPSA) is 72.9 Å². The summed E-state index contributed by atoms with van der Waals surface area (Å²) in [6, 6.07) is 7.57. The van der Waals surface area contributed by atoms with Crippen molar-refractivity contribution in [3.8, 4) is 11.5 Å². The number of carbonyl (C=O) groups excluding carboxylic acids is 1. The molecule has 13 heteroatoms. The van der Waals surface area contributed by atoms with Gasteiger partial charge in [0.15, 0.2) is 24.9 Å². The van der Waals surface area contributed by atoms with Crippen LogP contribution in [0, 0.1) is 5.82 Å². The van der Waals surface area contributed by atoms with Gasteiger partial charge in [-0.1, -0.05) is 44.5 Å². The number of ether oxygens (including phenoxy) is 2. The molecule has 1 saturated heterocycles. The van der Waals surface area contributed by atoms with Crippen LogP contribution in [0.1, 0.15) is 56.0 Å². The van der Waals surface area contributed by atoms with Gasteiger partial charge < -0.3 is 24.1 Å². The standard InChI is InChI=1S/C31H35ClF3N3O4SSi/c1-29(2,3)44(4,5)42-20-10-13-38(17-20)26-22(33)8-6-18(25(26)32)14-21-16-36-28(43-21)37-27(39)30(11-12-30)19-7-9-23-24(15-19)41-31(34,35)40-23/h6-9,15-16,20H,10-14,17H2,1-5H3,(H,36,37,39)/t20-/m1/s1. The van der Waals surface area contributed by atoms with E-state index < -0.39 is 20.0 Å². The number of amides is 1. The molecule has 44 heavy (non-hydrogen) atoms. The summed E-state index contributed by atoms with van der Waals surface area (Å²) in [4.78, 5) is 20.5. The minimum absolute atomic E-state index is 0.0241. The molecule has 7 nitrogen and oxygen atoms in total. The SMILES string of the molecule is CC(C)(C)[Si](C)(C)O[C@@H]1CCN(c2c(F)ccc(Cc3cnc(NC(=O)C4(c5ccc6c(c5)OC(F)(F)O6)CC4)s3)c2Cl)C1. The van der Waals surface area contributed by atoms with Gasteiger partial charge in [0.2, 0.25) is 5.91 Å². The van der Waals surface area contributed by atoms with Crippen molar-refractivity contribution < 1.29 is 31.9 Å². The lowest BCUT2D eigenvalue weighted by Crippen LogP contribution is -2.44. The van der Waals surface area contributed by atoms with E-state index in [1.165, 1.54) is 29.5 Å². The van der Waals surface area contributed by atoms with Crippen LogP contribution in [-0.2, 0) is 21.1 Å². The van der Waals surface area contributed by atoms with Crippen LogP contribution in [0.3, 0.4) is 0 Å². The molecular weight excluding hydrogens is 631 g/mol. The highest BCUT2D eigenvalue weighted by atomic mass is 35.5. The molecule has 1 amide bonds. The number of benzene rings is 2. The van der Waals surface area contributed by atoms with Crippen molar-refractivity contribution in [3.05, 3.63) is 63.4 Å². The Morgan fingerprint density at radius 3 is 2.64 bits per heavy atom. The molecule has 1 saturated carbocycles. The third-order valence-corrected chi connectivity index (χ3v) is 15.0. The molecule has 3 aromatic rings. The lowest BCUT2D eigenvalue weighted by Gasteiger charge is -2.38. The van der Waals surface area contributed by atoms with Crippen LogP contribution in [0.25, 0.3) is 0 Å². The number of nitrogens with zero attached hydrogens (tertiary/aromatic N) is 2. The predicted octanol–water partition coefficient (Wildman–Crippen LogP) is 8.12. The number of aromatic nitrogens is 1. The van der Waals surface area contributed by atoms with Crippen LogP contribution in [0.2, 0.25) is 23.2 Å². The van der Waals surface area contributed by atoms with Crippen molar-refractivity contribution in [3.63, 3.8) is 0 Å². The number of thiazole rings is 1. The van der Waals surface area contributed by atoms with E-state index >= 15 is 4.39 Å². The third-order valence-electron chi connectivity index (χ3n) is 9.15. The van der Waals surface area contributed by atoms with Crippen molar-refractivity contribution in [2.75, 3.05) is 23.3 Å². The summed E-state index contributed by atoms with van der Waals surface area (Å²) in [5.74, 6) is -0.794. The molecule has 0 unspecified atom stereocenters. The van der Waals surface area contributed by atoms with Crippen molar-refractivity contribution in [1.29, 1.82) is 0 Å². The first-order valence-electron chi connectivity index (χ1n) is 14.6. The van der Waals surface area contributed by atoms with Gasteiger partial charge in [-0.15, -0.1) is 20.1 Å². The van der Waals surface area contributed by atoms with E-state index in [1.54, 1.807) is 18.3 Å². The zero-order valence-electron chi connectivity index (χ0n) is 25.2. The van der Waals surface area contributed by atoms with Crippen molar-refractivity contribution in [2.24, 2.45) is 0 Å². The molecule has 3 heterocycles. The number of hydrogen-bond acceptors (Lipinski definition) is 7. The van der Waals surface area contributed by atoms with E-state index in [0.29, 0.717) is 53.8 Å². The molecule has 0 radical (unpaired) electrons. The van der Waals surface area contributed by atoms with Gasteiger partial charge in [-0.3, -0.25) is 4.79 Å². The number of rotatable bonds is 8. The van der Waals surface area contributed by atoms with E-state index in [4.69, 9.17) is 16.0 Å². The molecule has 236 valence electrons. The van der Waals surface area contributed by atoms with E-state index in [9.17, 15) is 13.6 Å². The lowest BCUT2D eigenvalue weighted by atomic mass is 9.94. The predicted molar refractivity (Wildman–Crippen MR) is 167 cm³/mol. The van der Waals surface area contributed by atoms with E-state index in [1.807, 2.05) is 4.90 Å². The van der Waals surface area contributed by atoms with Crippen molar-refractivity contribution >= 4 is 48.0 Å². The maximum absolute atomic E-state index is 15.1. The molecule has 1 atom stereocenters. The number of alkyl halides is 2. The fraction of sp³-hybridized carbons (Fsp3) is 0.484. The number of anilines is 2. The van der Waals surface area contributed by atoms with Crippen LogP contribution in [0.5, 0.6) is 11.5 Å². The van der Waals surface area contributed by atoms with Crippen LogP contribution < -0.4 is 19.7 Å². The van der Waals surface area contributed by atoms with Crippen molar-refractivity contribution in [2.45, 2.75) is 82.4 Å². The average Bonchev–Trinajstić information content (AvgIpc) is 3.24. The van der Waals surface area contributed by atoms with Crippen LogP contribution in [0.4, 0.5) is 24.0 Å². The maximum atomic E-state index is 15.1. The average molecular weight is 666 g/mol. The summed E-state index contributed by atoms with van der Waals surface area (Å²) < 4.78 is 57.7. The van der Waals surface area contributed by atoms with Gasteiger partial charge >= 0.3 is 6.29 Å². The van der Waals surface area contributed by atoms with Gasteiger partial charge in [-0.25, -0.2) is 9.37 Å². The lowest BCUT2D eigenvalue weighted by molar-refractivity contribution is -0.286. The Hall–Kier alpha value is -2.80. The molecule has 1 aromatic heterocycles. The molecule has 2 fully saturated rings. The second-order valence-electron chi connectivity index (χ2n) is 13.3. The Morgan fingerprint density at radius 2 is 1.93 bits per heavy atom. The molecule has 6 rings (SSSR count). The highest BCUT2D eigenvalue weighted by Gasteiger charge is 2.53. The number of hydrogen-bond donors (Lipinski definition) is 1. The minimum Gasteiger partial charge on any atom is -0.412 e. The molecule has 1 N–H and O–H groups in total. The van der Waals surface area contributed by atoms with E-state index in [2.05, 4.69) is 53.6 Å².